The van der Waals surface area contributed by atoms with Crippen LogP contribution in [0.1, 0.15) is 41.3 Å². The van der Waals surface area contributed by atoms with Gasteiger partial charge in [0, 0.05) is 42.5 Å². The summed E-state index contributed by atoms with van der Waals surface area (Å²) in [5.74, 6) is 1.35. The van der Waals surface area contributed by atoms with Crippen molar-refractivity contribution < 1.29 is 0 Å². The van der Waals surface area contributed by atoms with E-state index in [4.69, 9.17) is 0 Å². The van der Waals surface area contributed by atoms with Crippen LogP contribution in [0.5, 0.6) is 0 Å². The van der Waals surface area contributed by atoms with Crippen LogP contribution in [0.25, 0.3) is 0 Å². The standard InChI is InChI=1S/C14H19N5/c1-9-6-19(7-12-5-15-18-14(9)12)8-13-4-10(2)16-11(3)17-13/h4-5,9H,6-8H2,1-3H3,(H,15,18). The van der Waals surface area contributed by atoms with Crippen molar-refractivity contribution in [2.24, 2.45) is 0 Å². The van der Waals surface area contributed by atoms with Crippen molar-refractivity contribution in [2.45, 2.75) is 39.8 Å². The first-order valence-electron chi connectivity index (χ1n) is 6.67. The third-order valence-electron chi connectivity index (χ3n) is 3.57. The number of aromatic amines is 1. The van der Waals surface area contributed by atoms with E-state index in [0.29, 0.717) is 5.92 Å². The molecule has 1 unspecified atom stereocenters. The van der Waals surface area contributed by atoms with Crippen LogP contribution < -0.4 is 0 Å². The largest absolute Gasteiger partial charge is 0.292 e. The molecule has 0 amide bonds. The van der Waals surface area contributed by atoms with Crippen molar-refractivity contribution in [2.75, 3.05) is 6.54 Å². The second kappa shape index (κ2) is 4.74. The minimum absolute atomic E-state index is 0.496. The normalized spacial score (nSPS) is 19.4. The van der Waals surface area contributed by atoms with Crippen LogP contribution in [0.15, 0.2) is 12.3 Å². The summed E-state index contributed by atoms with van der Waals surface area (Å²) in [7, 11) is 0. The van der Waals surface area contributed by atoms with Gasteiger partial charge in [-0.3, -0.25) is 10.00 Å². The van der Waals surface area contributed by atoms with Gasteiger partial charge in [0.25, 0.3) is 0 Å². The average Bonchev–Trinajstić information content (AvgIpc) is 2.75. The zero-order valence-electron chi connectivity index (χ0n) is 11.6. The molecule has 3 rings (SSSR count). The van der Waals surface area contributed by atoms with Gasteiger partial charge in [0.15, 0.2) is 0 Å². The van der Waals surface area contributed by atoms with E-state index in [9.17, 15) is 0 Å². The van der Waals surface area contributed by atoms with Gasteiger partial charge in [-0.1, -0.05) is 6.92 Å². The molecule has 0 fully saturated rings. The highest BCUT2D eigenvalue weighted by Crippen LogP contribution is 2.26. The van der Waals surface area contributed by atoms with Crippen LogP contribution in [-0.4, -0.2) is 31.6 Å². The quantitative estimate of drug-likeness (QED) is 0.893. The van der Waals surface area contributed by atoms with Gasteiger partial charge in [0.1, 0.15) is 5.82 Å². The Kier molecular flexibility index (Phi) is 3.06. The molecule has 0 radical (unpaired) electrons. The summed E-state index contributed by atoms with van der Waals surface area (Å²) in [6.45, 7) is 9.06. The molecule has 3 heterocycles. The molecule has 2 aromatic rings. The summed E-state index contributed by atoms with van der Waals surface area (Å²) in [6.07, 6.45) is 1.94. The van der Waals surface area contributed by atoms with Crippen LogP contribution in [0.2, 0.25) is 0 Å². The van der Waals surface area contributed by atoms with Gasteiger partial charge in [-0.05, 0) is 19.9 Å². The van der Waals surface area contributed by atoms with Crippen LogP contribution >= 0.6 is 0 Å². The van der Waals surface area contributed by atoms with E-state index in [0.717, 1.165) is 36.8 Å². The summed E-state index contributed by atoms with van der Waals surface area (Å²) in [6, 6.07) is 2.07. The molecule has 0 spiro atoms. The van der Waals surface area contributed by atoms with Gasteiger partial charge in [-0.15, -0.1) is 0 Å². The second-order valence-corrected chi connectivity index (χ2v) is 5.43. The van der Waals surface area contributed by atoms with Gasteiger partial charge in [0.05, 0.1) is 11.9 Å². The molecule has 5 heteroatoms. The topological polar surface area (TPSA) is 57.7 Å². The first-order chi connectivity index (χ1) is 9.11. The lowest BCUT2D eigenvalue weighted by atomic mass is 9.98. The highest BCUT2D eigenvalue weighted by molar-refractivity contribution is 5.23. The molecule has 1 aliphatic heterocycles. The number of hydrogen-bond donors (Lipinski definition) is 1. The highest BCUT2D eigenvalue weighted by Gasteiger charge is 2.24. The van der Waals surface area contributed by atoms with Crippen molar-refractivity contribution >= 4 is 0 Å². The number of hydrogen-bond acceptors (Lipinski definition) is 4. The third-order valence-corrected chi connectivity index (χ3v) is 3.57. The van der Waals surface area contributed by atoms with Gasteiger partial charge >= 0.3 is 0 Å². The Bertz CT molecular complexity index is 569. The van der Waals surface area contributed by atoms with Crippen molar-refractivity contribution in [1.82, 2.24) is 25.1 Å². The van der Waals surface area contributed by atoms with Crippen molar-refractivity contribution in [1.29, 1.82) is 0 Å². The van der Waals surface area contributed by atoms with Gasteiger partial charge < -0.3 is 0 Å². The molecule has 0 aromatic carbocycles. The Morgan fingerprint density at radius 2 is 2.21 bits per heavy atom. The summed E-state index contributed by atoms with van der Waals surface area (Å²) >= 11 is 0. The zero-order chi connectivity index (χ0) is 13.4. The maximum absolute atomic E-state index is 4.52. The summed E-state index contributed by atoms with van der Waals surface area (Å²) in [4.78, 5) is 11.3. The van der Waals surface area contributed by atoms with Crippen LogP contribution in [0.3, 0.4) is 0 Å². The second-order valence-electron chi connectivity index (χ2n) is 5.43. The van der Waals surface area contributed by atoms with E-state index in [-0.39, 0.29) is 0 Å². The van der Waals surface area contributed by atoms with Crippen LogP contribution in [0.4, 0.5) is 0 Å². The number of rotatable bonds is 2. The van der Waals surface area contributed by atoms with E-state index in [1.54, 1.807) is 0 Å². The highest BCUT2D eigenvalue weighted by atomic mass is 15.2. The maximum atomic E-state index is 4.52. The lowest BCUT2D eigenvalue weighted by Gasteiger charge is -2.30. The Morgan fingerprint density at radius 1 is 1.37 bits per heavy atom. The SMILES string of the molecule is Cc1cc(CN2Cc3cn[nH]c3C(C)C2)nc(C)n1. The van der Waals surface area contributed by atoms with Crippen molar-refractivity contribution in [3.05, 3.63) is 40.7 Å². The number of fused-ring (bicyclic) bond motifs is 1. The van der Waals surface area contributed by atoms with E-state index in [1.165, 1.54) is 11.3 Å². The summed E-state index contributed by atoms with van der Waals surface area (Å²) in [5, 5.41) is 7.25. The monoisotopic (exact) mass is 257 g/mol. The van der Waals surface area contributed by atoms with E-state index in [1.807, 2.05) is 20.0 Å². The number of nitrogens with zero attached hydrogens (tertiary/aromatic N) is 4. The number of H-pyrrole nitrogens is 1. The first kappa shape index (κ1) is 12.3. The fraction of sp³-hybridized carbons (Fsp3) is 0.500. The van der Waals surface area contributed by atoms with Crippen LogP contribution in [-0.2, 0) is 13.1 Å². The van der Waals surface area contributed by atoms with Crippen molar-refractivity contribution in [3.8, 4) is 0 Å². The molecule has 1 N–H and O–H groups in total. The molecule has 5 nitrogen and oxygen atoms in total. The van der Waals surface area contributed by atoms with Crippen molar-refractivity contribution in [3.63, 3.8) is 0 Å². The maximum Gasteiger partial charge on any atom is 0.125 e. The Balaban J connectivity index is 1.78. The molecule has 1 atom stereocenters. The molecule has 0 aliphatic carbocycles. The predicted molar refractivity (Wildman–Crippen MR) is 72.6 cm³/mol. The summed E-state index contributed by atoms with van der Waals surface area (Å²) in [5.41, 5.74) is 4.73. The van der Waals surface area contributed by atoms with Gasteiger partial charge in [-0.25, -0.2) is 9.97 Å². The molecule has 100 valence electrons. The molecule has 0 saturated carbocycles. The van der Waals surface area contributed by atoms with E-state index in [2.05, 4.69) is 38.1 Å². The Hall–Kier alpha value is -1.75. The number of aromatic nitrogens is 4. The fourth-order valence-corrected chi connectivity index (χ4v) is 2.88. The van der Waals surface area contributed by atoms with Gasteiger partial charge in [0.2, 0.25) is 0 Å². The molecular formula is C14H19N5. The molecule has 1 aliphatic rings. The minimum Gasteiger partial charge on any atom is -0.292 e. The lowest BCUT2D eigenvalue weighted by Crippen LogP contribution is -2.32. The number of nitrogens with one attached hydrogen (secondary N) is 1. The average molecular weight is 257 g/mol. The van der Waals surface area contributed by atoms with Crippen LogP contribution in [0, 0.1) is 13.8 Å². The molecule has 0 saturated heterocycles. The molecule has 2 aromatic heterocycles. The first-order valence-corrected chi connectivity index (χ1v) is 6.67. The minimum atomic E-state index is 0.496. The fourth-order valence-electron chi connectivity index (χ4n) is 2.88. The van der Waals surface area contributed by atoms with Gasteiger partial charge in [-0.2, -0.15) is 5.10 Å². The predicted octanol–water partition coefficient (Wildman–Crippen LogP) is 1.94. The molecular weight excluding hydrogens is 238 g/mol. The van der Waals surface area contributed by atoms with E-state index >= 15 is 0 Å². The zero-order valence-corrected chi connectivity index (χ0v) is 11.6. The molecule has 19 heavy (non-hydrogen) atoms. The smallest absolute Gasteiger partial charge is 0.125 e. The summed E-state index contributed by atoms with van der Waals surface area (Å²) < 4.78 is 0. The number of aryl methyl sites for hydroxylation is 2. The third kappa shape index (κ3) is 2.51. The molecule has 0 bridgehead atoms. The Labute approximate surface area is 113 Å². The van der Waals surface area contributed by atoms with E-state index < -0.39 is 0 Å². The lowest BCUT2D eigenvalue weighted by molar-refractivity contribution is 0.222. The Morgan fingerprint density at radius 3 is 3.00 bits per heavy atom.